The molecule has 0 aromatic carbocycles. The third kappa shape index (κ3) is 4.19. The van der Waals surface area contributed by atoms with E-state index in [-0.39, 0.29) is 5.56 Å². The predicted octanol–water partition coefficient (Wildman–Crippen LogP) is 2.63. The second-order valence-electron chi connectivity index (χ2n) is 3.99. The fourth-order valence-electron chi connectivity index (χ4n) is 1.53. The van der Waals surface area contributed by atoms with Crippen LogP contribution in [0.4, 0.5) is 5.69 Å². The molecule has 0 amide bonds. The number of unbranched alkanes of at least 4 members (excludes halogenated alkanes) is 2. The molecule has 98 valence electrons. The van der Waals surface area contributed by atoms with Crippen molar-refractivity contribution in [3.8, 4) is 12.3 Å². The lowest BCUT2D eigenvalue weighted by Gasteiger charge is -2.09. The number of aryl methyl sites for hydroxylation is 1. The predicted molar refractivity (Wildman–Crippen MR) is 77.7 cm³/mol. The molecule has 1 rings (SSSR count). The first-order valence-corrected chi connectivity index (χ1v) is 6.93. The molecular weight excluding hydrogens is 294 g/mol. The molecule has 4 nitrogen and oxygen atoms in total. The molecule has 0 bridgehead atoms. The van der Waals surface area contributed by atoms with Gasteiger partial charge in [0.1, 0.15) is 4.47 Å². The topological polar surface area (TPSA) is 46.9 Å². The van der Waals surface area contributed by atoms with Crippen LogP contribution in [0, 0.1) is 12.3 Å². The van der Waals surface area contributed by atoms with Gasteiger partial charge in [0.15, 0.2) is 0 Å². The van der Waals surface area contributed by atoms with Gasteiger partial charge in [-0.1, -0.05) is 6.92 Å². The van der Waals surface area contributed by atoms with Crippen LogP contribution in [0.15, 0.2) is 15.5 Å². The van der Waals surface area contributed by atoms with Crippen molar-refractivity contribution in [1.29, 1.82) is 0 Å². The average Bonchev–Trinajstić information content (AvgIpc) is 2.37. The monoisotopic (exact) mass is 311 g/mol. The van der Waals surface area contributed by atoms with Gasteiger partial charge in [0, 0.05) is 19.5 Å². The first kappa shape index (κ1) is 14.8. The standard InChI is InChI=1S/C13H18BrN3O/c1-3-5-6-7-8-15-11-10-16-17(9-4-2)13(18)12(11)14/h1,10,15H,4-9H2,2H3. The summed E-state index contributed by atoms with van der Waals surface area (Å²) in [7, 11) is 0. The van der Waals surface area contributed by atoms with E-state index in [0.29, 0.717) is 11.0 Å². The first-order chi connectivity index (χ1) is 8.70. The van der Waals surface area contributed by atoms with Crippen LogP contribution in [0.2, 0.25) is 0 Å². The van der Waals surface area contributed by atoms with Crippen molar-refractivity contribution in [3.05, 3.63) is 21.0 Å². The van der Waals surface area contributed by atoms with Crippen LogP contribution in [0.25, 0.3) is 0 Å². The number of anilines is 1. The molecule has 0 unspecified atom stereocenters. The van der Waals surface area contributed by atoms with E-state index >= 15 is 0 Å². The van der Waals surface area contributed by atoms with Gasteiger partial charge in [-0.05, 0) is 35.2 Å². The molecule has 1 heterocycles. The van der Waals surface area contributed by atoms with Gasteiger partial charge in [-0.2, -0.15) is 5.10 Å². The Balaban J connectivity index is 2.60. The van der Waals surface area contributed by atoms with Crippen LogP contribution in [-0.2, 0) is 6.54 Å². The summed E-state index contributed by atoms with van der Waals surface area (Å²) in [5.41, 5.74) is 0.651. The van der Waals surface area contributed by atoms with E-state index in [4.69, 9.17) is 6.42 Å². The minimum atomic E-state index is -0.0922. The van der Waals surface area contributed by atoms with Crippen molar-refractivity contribution in [2.45, 2.75) is 39.2 Å². The maximum Gasteiger partial charge on any atom is 0.283 e. The Morgan fingerprint density at radius 1 is 1.56 bits per heavy atom. The zero-order chi connectivity index (χ0) is 13.4. The normalized spacial score (nSPS) is 10.1. The van der Waals surface area contributed by atoms with Crippen LogP contribution in [-0.4, -0.2) is 16.3 Å². The van der Waals surface area contributed by atoms with Crippen molar-refractivity contribution in [2.24, 2.45) is 0 Å². The molecule has 0 aliphatic rings. The van der Waals surface area contributed by atoms with E-state index in [9.17, 15) is 4.79 Å². The summed E-state index contributed by atoms with van der Waals surface area (Å²) in [5.74, 6) is 2.61. The SMILES string of the molecule is C#CCCCCNc1cnn(CCC)c(=O)c1Br. The van der Waals surface area contributed by atoms with Crippen LogP contribution < -0.4 is 10.9 Å². The van der Waals surface area contributed by atoms with Crippen molar-refractivity contribution in [1.82, 2.24) is 9.78 Å². The van der Waals surface area contributed by atoms with Crippen LogP contribution in [0.5, 0.6) is 0 Å². The van der Waals surface area contributed by atoms with Crippen molar-refractivity contribution >= 4 is 21.6 Å². The number of nitrogens with zero attached hydrogens (tertiary/aromatic N) is 2. The maximum atomic E-state index is 11.9. The molecule has 0 radical (unpaired) electrons. The summed E-state index contributed by atoms with van der Waals surface area (Å²) in [4.78, 5) is 11.9. The third-order valence-corrected chi connectivity index (χ3v) is 3.25. The van der Waals surface area contributed by atoms with Gasteiger partial charge in [-0.25, -0.2) is 4.68 Å². The number of aromatic nitrogens is 2. The molecule has 0 saturated heterocycles. The summed E-state index contributed by atoms with van der Waals surface area (Å²) >= 11 is 3.32. The number of hydrogen-bond donors (Lipinski definition) is 1. The number of rotatable bonds is 7. The maximum absolute atomic E-state index is 11.9. The molecule has 1 aromatic heterocycles. The Bertz CT molecular complexity index is 476. The van der Waals surface area contributed by atoms with Gasteiger partial charge in [0.2, 0.25) is 0 Å². The van der Waals surface area contributed by atoms with Gasteiger partial charge < -0.3 is 5.32 Å². The van der Waals surface area contributed by atoms with E-state index in [1.807, 2.05) is 6.92 Å². The first-order valence-electron chi connectivity index (χ1n) is 6.13. The lowest BCUT2D eigenvalue weighted by Crippen LogP contribution is -2.24. The molecule has 0 atom stereocenters. The average molecular weight is 312 g/mol. The summed E-state index contributed by atoms with van der Waals surface area (Å²) in [5, 5.41) is 7.31. The van der Waals surface area contributed by atoms with Gasteiger partial charge in [0.25, 0.3) is 5.56 Å². The van der Waals surface area contributed by atoms with Crippen molar-refractivity contribution in [3.63, 3.8) is 0 Å². The molecule has 18 heavy (non-hydrogen) atoms. The highest BCUT2D eigenvalue weighted by Crippen LogP contribution is 2.16. The third-order valence-electron chi connectivity index (χ3n) is 2.48. The number of hydrogen-bond acceptors (Lipinski definition) is 3. The van der Waals surface area contributed by atoms with Gasteiger partial charge in [0.05, 0.1) is 11.9 Å². The lowest BCUT2D eigenvalue weighted by atomic mass is 10.2. The van der Waals surface area contributed by atoms with Gasteiger partial charge in [-0.3, -0.25) is 4.79 Å². The summed E-state index contributed by atoms with van der Waals surface area (Å²) < 4.78 is 2.01. The fourth-order valence-corrected chi connectivity index (χ4v) is 1.98. The van der Waals surface area contributed by atoms with Crippen LogP contribution in [0.1, 0.15) is 32.6 Å². The van der Waals surface area contributed by atoms with Crippen LogP contribution >= 0.6 is 15.9 Å². The van der Waals surface area contributed by atoms with Crippen LogP contribution in [0.3, 0.4) is 0 Å². The highest BCUT2D eigenvalue weighted by atomic mass is 79.9. The fraction of sp³-hybridized carbons (Fsp3) is 0.538. The Labute approximate surface area is 116 Å². The summed E-state index contributed by atoms with van der Waals surface area (Å²) in [6.07, 6.45) is 10.5. The van der Waals surface area contributed by atoms with E-state index in [1.54, 1.807) is 6.20 Å². The molecule has 0 saturated carbocycles. The minimum absolute atomic E-state index is 0.0922. The summed E-state index contributed by atoms with van der Waals surface area (Å²) in [6, 6.07) is 0. The second-order valence-corrected chi connectivity index (χ2v) is 4.78. The number of halogens is 1. The van der Waals surface area contributed by atoms with E-state index < -0.39 is 0 Å². The lowest BCUT2D eigenvalue weighted by molar-refractivity contribution is 0.565. The molecule has 0 fully saturated rings. The quantitative estimate of drug-likeness (QED) is 0.622. The number of nitrogens with one attached hydrogen (secondary N) is 1. The Hall–Kier alpha value is -1.28. The highest BCUT2D eigenvalue weighted by molar-refractivity contribution is 9.10. The highest BCUT2D eigenvalue weighted by Gasteiger charge is 2.07. The van der Waals surface area contributed by atoms with Crippen molar-refractivity contribution < 1.29 is 0 Å². The Morgan fingerprint density at radius 2 is 2.33 bits per heavy atom. The molecular formula is C13H18BrN3O. The smallest absolute Gasteiger partial charge is 0.283 e. The van der Waals surface area contributed by atoms with Crippen molar-refractivity contribution in [2.75, 3.05) is 11.9 Å². The molecule has 1 N–H and O–H groups in total. The largest absolute Gasteiger partial charge is 0.383 e. The van der Waals surface area contributed by atoms with E-state index in [2.05, 4.69) is 32.3 Å². The zero-order valence-corrected chi connectivity index (χ0v) is 12.2. The minimum Gasteiger partial charge on any atom is -0.383 e. The Morgan fingerprint density at radius 3 is 3.00 bits per heavy atom. The molecule has 5 heteroatoms. The second kappa shape index (κ2) is 7.93. The van der Waals surface area contributed by atoms with Gasteiger partial charge in [-0.15, -0.1) is 12.3 Å². The molecule has 0 spiro atoms. The van der Waals surface area contributed by atoms with E-state index in [1.165, 1.54) is 4.68 Å². The van der Waals surface area contributed by atoms with E-state index in [0.717, 1.165) is 37.9 Å². The molecule has 0 aliphatic carbocycles. The van der Waals surface area contributed by atoms with Gasteiger partial charge >= 0.3 is 0 Å². The molecule has 1 aromatic rings. The summed E-state index contributed by atoms with van der Waals surface area (Å²) in [6.45, 7) is 3.44. The zero-order valence-electron chi connectivity index (χ0n) is 10.6. The Kier molecular flexibility index (Phi) is 6.51. The molecule has 0 aliphatic heterocycles. The number of terminal acetylenes is 1.